The molecule has 0 aliphatic heterocycles. The highest BCUT2D eigenvalue weighted by molar-refractivity contribution is 5.95. The molecule has 3 aromatic rings. The number of rotatable bonds is 8. The molecule has 0 spiro atoms. The Labute approximate surface area is 199 Å². The third-order valence-corrected chi connectivity index (χ3v) is 6.60. The normalized spacial score (nSPS) is 14.1. The maximum atomic E-state index is 13.2. The van der Waals surface area contributed by atoms with Crippen molar-refractivity contribution in [3.05, 3.63) is 53.9 Å². The van der Waals surface area contributed by atoms with Gasteiger partial charge in [0.25, 0.3) is 5.91 Å². The van der Waals surface area contributed by atoms with Gasteiger partial charge in [0.1, 0.15) is 12.4 Å². The maximum Gasteiger partial charge on any atom is 0.251 e. The van der Waals surface area contributed by atoms with E-state index in [-0.39, 0.29) is 24.9 Å². The average Bonchev–Trinajstić information content (AvgIpc) is 3.23. The molecule has 1 heterocycles. The first-order valence-corrected chi connectivity index (χ1v) is 11.7. The van der Waals surface area contributed by atoms with E-state index in [2.05, 4.69) is 5.32 Å². The van der Waals surface area contributed by atoms with E-state index < -0.39 is 0 Å². The number of carbonyl (C=O) groups excluding carboxylic acids is 2. The fourth-order valence-corrected chi connectivity index (χ4v) is 4.59. The van der Waals surface area contributed by atoms with Crippen LogP contribution in [-0.2, 0) is 17.9 Å². The zero-order valence-corrected chi connectivity index (χ0v) is 20.0. The number of carbonyl (C=O) groups is 2. The van der Waals surface area contributed by atoms with E-state index in [1.165, 1.54) is 26.4 Å². The molecule has 4 rings (SSSR count). The van der Waals surface area contributed by atoms with Gasteiger partial charge in [0.15, 0.2) is 11.5 Å². The molecule has 0 bridgehead atoms. The molecular weight excluding hydrogens is 432 g/mol. The lowest BCUT2D eigenvalue weighted by Crippen LogP contribution is -2.40. The minimum absolute atomic E-state index is 0.0579. The van der Waals surface area contributed by atoms with Gasteiger partial charge in [-0.1, -0.05) is 31.4 Å². The van der Waals surface area contributed by atoms with E-state index in [4.69, 9.17) is 14.5 Å². The van der Waals surface area contributed by atoms with Gasteiger partial charge in [-0.2, -0.15) is 0 Å². The number of ether oxygens (including phenoxy) is 2. The van der Waals surface area contributed by atoms with Gasteiger partial charge in [-0.3, -0.25) is 9.59 Å². The van der Waals surface area contributed by atoms with Gasteiger partial charge >= 0.3 is 0 Å². The van der Waals surface area contributed by atoms with Crippen LogP contribution in [0.15, 0.2) is 42.5 Å². The maximum absolute atomic E-state index is 13.2. The van der Waals surface area contributed by atoms with Crippen LogP contribution >= 0.6 is 0 Å². The highest BCUT2D eigenvalue weighted by Gasteiger charge is 2.24. The van der Waals surface area contributed by atoms with Gasteiger partial charge in [-0.15, -0.1) is 0 Å². The van der Waals surface area contributed by atoms with Crippen LogP contribution in [0.4, 0.5) is 0 Å². The summed E-state index contributed by atoms with van der Waals surface area (Å²) in [6, 6.07) is 13.0. The molecule has 180 valence electrons. The SMILES string of the molecule is COc1ccc(C(=O)NCc2nc3ccccc3n2CC(=O)N(C)C2CCCCC2)cc1OC. The molecule has 34 heavy (non-hydrogen) atoms. The number of hydrogen-bond donors (Lipinski definition) is 1. The first-order chi connectivity index (χ1) is 16.5. The predicted octanol–water partition coefficient (Wildman–Crippen LogP) is 3.77. The van der Waals surface area contributed by atoms with E-state index >= 15 is 0 Å². The fourth-order valence-electron chi connectivity index (χ4n) is 4.59. The number of para-hydroxylation sites is 2. The summed E-state index contributed by atoms with van der Waals surface area (Å²) in [7, 11) is 4.98. The van der Waals surface area contributed by atoms with E-state index in [1.54, 1.807) is 25.3 Å². The van der Waals surface area contributed by atoms with Crippen LogP contribution in [-0.4, -0.2) is 53.6 Å². The summed E-state index contributed by atoms with van der Waals surface area (Å²) in [4.78, 5) is 32.6. The Morgan fingerprint density at radius 3 is 2.53 bits per heavy atom. The van der Waals surface area contributed by atoms with Gasteiger partial charge in [0, 0.05) is 18.7 Å². The van der Waals surface area contributed by atoms with Crippen LogP contribution in [0.5, 0.6) is 11.5 Å². The molecule has 1 aliphatic rings. The summed E-state index contributed by atoms with van der Waals surface area (Å²) in [5.74, 6) is 1.48. The Bertz CT molecular complexity index is 1170. The summed E-state index contributed by atoms with van der Waals surface area (Å²) in [5, 5.41) is 2.93. The average molecular weight is 465 g/mol. The van der Waals surface area contributed by atoms with Crippen molar-refractivity contribution in [1.29, 1.82) is 0 Å². The van der Waals surface area contributed by atoms with Crippen LogP contribution < -0.4 is 14.8 Å². The van der Waals surface area contributed by atoms with Crippen LogP contribution in [0.2, 0.25) is 0 Å². The molecule has 8 nitrogen and oxygen atoms in total. The summed E-state index contributed by atoms with van der Waals surface area (Å²) < 4.78 is 12.5. The number of methoxy groups -OCH3 is 2. The first-order valence-electron chi connectivity index (χ1n) is 11.7. The predicted molar refractivity (Wildman–Crippen MR) is 130 cm³/mol. The lowest BCUT2D eigenvalue weighted by molar-refractivity contribution is -0.133. The van der Waals surface area contributed by atoms with Crippen molar-refractivity contribution in [2.24, 2.45) is 0 Å². The van der Waals surface area contributed by atoms with E-state index in [0.29, 0.717) is 28.9 Å². The number of imidazole rings is 1. The molecule has 0 radical (unpaired) electrons. The Kier molecular flexibility index (Phi) is 7.35. The van der Waals surface area contributed by atoms with Gasteiger partial charge in [-0.05, 0) is 43.2 Å². The molecule has 1 aromatic heterocycles. The summed E-state index contributed by atoms with van der Waals surface area (Å²) in [5.41, 5.74) is 2.13. The molecular formula is C26H32N4O4. The molecule has 1 saturated carbocycles. The monoisotopic (exact) mass is 464 g/mol. The number of amides is 2. The molecule has 0 saturated heterocycles. The first kappa shape index (κ1) is 23.6. The minimum Gasteiger partial charge on any atom is -0.493 e. The Morgan fingerprint density at radius 1 is 1.06 bits per heavy atom. The molecule has 2 amide bonds. The van der Waals surface area contributed by atoms with Gasteiger partial charge in [-0.25, -0.2) is 4.98 Å². The molecule has 1 N–H and O–H groups in total. The zero-order chi connectivity index (χ0) is 24.1. The van der Waals surface area contributed by atoms with Crippen molar-refractivity contribution >= 4 is 22.8 Å². The Morgan fingerprint density at radius 2 is 1.79 bits per heavy atom. The van der Waals surface area contributed by atoms with Crippen molar-refractivity contribution in [1.82, 2.24) is 19.8 Å². The second-order valence-corrected chi connectivity index (χ2v) is 8.65. The third kappa shape index (κ3) is 5.00. The number of nitrogens with one attached hydrogen (secondary N) is 1. The van der Waals surface area contributed by atoms with Crippen LogP contribution in [0.3, 0.4) is 0 Å². The lowest BCUT2D eigenvalue weighted by atomic mass is 9.94. The smallest absolute Gasteiger partial charge is 0.251 e. The highest BCUT2D eigenvalue weighted by Crippen LogP contribution is 2.27. The van der Waals surface area contributed by atoms with Crippen molar-refractivity contribution in [3.63, 3.8) is 0 Å². The molecule has 0 atom stereocenters. The minimum atomic E-state index is -0.259. The molecule has 0 unspecified atom stereocenters. The topological polar surface area (TPSA) is 85.7 Å². The van der Waals surface area contributed by atoms with Crippen molar-refractivity contribution in [2.45, 2.75) is 51.2 Å². The second-order valence-electron chi connectivity index (χ2n) is 8.65. The number of likely N-dealkylation sites (N-methyl/N-ethyl adjacent to an activating group) is 1. The van der Waals surface area contributed by atoms with Crippen LogP contribution in [0.1, 0.15) is 48.3 Å². The van der Waals surface area contributed by atoms with Crippen molar-refractivity contribution in [2.75, 3.05) is 21.3 Å². The van der Waals surface area contributed by atoms with Gasteiger partial charge in [0.2, 0.25) is 5.91 Å². The Hall–Kier alpha value is -3.55. The Balaban J connectivity index is 1.52. The van der Waals surface area contributed by atoms with E-state index in [1.807, 2.05) is 40.8 Å². The molecule has 1 fully saturated rings. The fraction of sp³-hybridized carbons (Fsp3) is 0.423. The molecule has 2 aromatic carbocycles. The molecule has 1 aliphatic carbocycles. The third-order valence-electron chi connectivity index (χ3n) is 6.60. The summed E-state index contributed by atoms with van der Waals surface area (Å²) >= 11 is 0. The van der Waals surface area contributed by atoms with Gasteiger partial charge < -0.3 is 24.3 Å². The number of hydrogen-bond acceptors (Lipinski definition) is 5. The standard InChI is InChI=1S/C26H32N4O4/c1-29(19-9-5-4-6-10-19)25(31)17-30-21-12-8-7-11-20(21)28-24(30)16-27-26(32)18-13-14-22(33-2)23(15-18)34-3/h7-8,11-15,19H,4-6,9-10,16-17H2,1-3H3,(H,27,32). The summed E-state index contributed by atoms with van der Waals surface area (Å²) in [6.07, 6.45) is 5.70. The van der Waals surface area contributed by atoms with Crippen molar-refractivity contribution < 1.29 is 19.1 Å². The van der Waals surface area contributed by atoms with E-state index in [0.717, 1.165) is 23.9 Å². The van der Waals surface area contributed by atoms with E-state index in [9.17, 15) is 9.59 Å². The summed E-state index contributed by atoms with van der Waals surface area (Å²) in [6.45, 7) is 0.386. The quantitative estimate of drug-likeness (QED) is 0.548. The largest absolute Gasteiger partial charge is 0.493 e. The van der Waals surface area contributed by atoms with Crippen molar-refractivity contribution in [3.8, 4) is 11.5 Å². The highest BCUT2D eigenvalue weighted by atomic mass is 16.5. The number of aromatic nitrogens is 2. The number of fused-ring (bicyclic) bond motifs is 1. The number of nitrogens with zero attached hydrogens (tertiary/aromatic N) is 3. The number of benzene rings is 2. The van der Waals surface area contributed by atoms with Crippen LogP contribution in [0, 0.1) is 0 Å². The van der Waals surface area contributed by atoms with Gasteiger partial charge in [0.05, 0.1) is 31.8 Å². The van der Waals surface area contributed by atoms with Crippen LogP contribution in [0.25, 0.3) is 11.0 Å². The lowest BCUT2D eigenvalue weighted by Gasteiger charge is -2.31. The second kappa shape index (κ2) is 10.6. The molecule has 8 heteroatoms. The zero-order valence-electron chi connectivity index (χ0n) is 20.0.